The predicted octanol–water partition coefficient (Wildman–Crippen LogP) is 0.839. The molecule has 2 heterocycles. The van der Waals surface area contributed by atoms with E-state index in [-0.39, 0.29) is 18.0 Å². The largest absolute Gasteiger partial charge is 0.505 e. The topological polar surface area (TPSA) is 170 Å². The van der Waals surface area contributed by atoms with Gasteiger partial charge in [0.05, 0.1) is 19.3 Å². The summed E-state index contributed by atoms with van der Waals surface area (Å²) in [6.45, 7) is 4.42. The molecule has 10 heteroatoms. The van der Waals surface area contributed by atoms with Crippen molar-refractivity contribution in [2.24, 2.45) is 11.5 Å². The first-order valence-electron chi connectivity index (χ1n) is 8.58. The van der Waals surface area contributed by atoms with E-state index in [1.165, 1.54) is 23.4 Å². The van der Waals surface area contributed by atoms with Gasteiger partial charge in [-0.15, -0.1) is 5.10 Å². The van der Waals surface area contributed by atoms with Gasteiger partial charge in [0.2, 0.25) is 0 Å². The third-order valence-electron chi connectivity index (χ3n) is 3.74. The van der Waals surface area contributed by atoms with Gasteiger partial charge in [-0.1, -0.05) is 34.5 Å². The van der Waals surface area contributed by atoms with Crippen molar-refractivity contribution in [3.05, 3.63) is 59.0 Å². The van der Waals surface area contributed by atoms with E-state index in [4.69, 9.17) is 10.8 Å². The number of amides is 1. The lowest BCUT2D eigenvalue weighted by atomic mass is 10.1. The van der Waals surface area contributed by atoms with Gasteiger partial charge in [-0.05, 0) is 25.5 Å². The van der Waals surface area contributed by atoms with E-state index >= 15 is 0 Å². The molecule has 0 aliphatic rings. The number of nitrogens with two attached hydrogens (primary N) is 2. The summed E-state index contributed by atoms with van der Waals surface area (Å²) >= 11 is 0. The molecule has 3 rings (SSSR count). The van der Waals surface area contributed by atoms with E-state index in [1.54, 1.807) is 10.9 Å². The number of carboxylic acid groups (broad SMARTS) is 1. The SMILES string of the molecule is Cc1cc(C)cc(Cn2cc(-c3cnc(C(N)=O)c(O)c3)nn2)c1.NCC(=O)O. The summed E-state index contributed by atoms with van der Waals surface area (Å²) in [5.41, 5.74) is 14.2. The van der Waals surface area contributed by atoms with E-state index < -0.39 is 11.9 Å². The van der Waals surface area contributed by atoms with Crippen molar-refractivity contribution < 1.29 is 19.8 Å². The third kappa shape index (κ3) is 6.11. The minimum absolute atomic E-state index is 0.165. The second kappa shape index (κ2) is 9.42. The summed E-state index contributed by atoms with van der Waals surface area (Å²) in [6, 6.07) is 7.72. The smallest absolute Gasteiger partial charge is 0.317 e. The lowest BCUT2D eigenvalue weighted by Crippen LogP contribution is -2.13. The maximum atomic E-state index is 11.1. The van der Waals surface area contributed by atoms with Crippen molar-refractivity contribution in [1.29, 1.82) is 0 Å². The highest BCUT2D eigenvalue weighted by molar-refractivity contribution is 5.93. The van der Waals surface area contributed by atoms with Gasteiger partial charge in [-0.25, -0.2) is 9.67 Å². The van der Waals surface area contributed by atoms with Crippen molar-refractivity contribution in [3.8, 4) is 17.0 Å². The van der Waals surface area contributed by atoms with E-state index in [1.807, 2.05) is 0 Å². The van der Waals surface area contributed by atoms with E-state index in [9.17, 15) is 14.7 Å². The number of primary amides is 1. The number of carbonyl (C=O) groups is 2. The molecule has 3 aromatic rings. The molecule has 1 aromatic carbocycles. The van der Waals surface area contributed by atoms with Gasteiger partial charge in [0, 0.05) is 11.8 Å². The first kappa shape index (κ1) is 21.5. The predicted molar refractivity (Wildman–Crippen MR) is 105 cm³/mol. The van der Waals surface area contributed by atoms with Crippen LogP contribution in [0.15, 0.2) is 36.7 Å². The quantitative estimate of drug-likeness (QED) is 0.490. The van der Waals surface area contributed by atoms with E-state index in [0.717, 1.165) is 5.56 Å². The first-order valence-corrected chi connectivity index (χ1v) is 8.58. The number of benzene rings is 1. The summed E-state index contributed by atoms with van der Waals surface area (Å²) in [5, 5.41) is 25.6. The Bertz CT molecular complexity index is 1010. The van der Waals surface area contributed by atoms with Crippen LogP contribution in [-0.4, -0.2) is 48.6 Å². The number of hydrogen-bond acceptors (Lipinski definition) is 7. The first-order chi connectivity index (χ1) is 13.7. The Hall–Kier alpha value is -3.79. The number of carboxylic acids is 1. The van der Waals surface area contributed by atoms with Crippen LogP contribution in [0.5, 0.6) is 5.75 Å². The molecule has 152 valence electrons. The Balaban J connectivity index is 0.000000537. The number of rotatable bonds is 5. The molecule has 0 spiro atoms. The van der Waals surface area contributed by atoms with Gasteiger partial charge in [0.25, 0.3) is 5.91 Å². The molecule has 0 bridgehead atoms. The van der Waals surface area contributed by atoms with Crippen molar-refractivity contribution in [1.82, 2.24) is 20.0 Å². The van der Waals surface area contributed by atoms with Gasteiger partial charge in [-0.2, -0.15) is 0 Å². The highest BCUT2D eigenvalue weighted by Gasteiger charge is 2.12. The Labute approximate surface area is 166 Å². The zero-order chi connectivity index (χ0) is 21.6. The summed E-state index contributed by atoms with van der Waals surface area (Å²) in [7, 11) is 0. The second-order valence-electron chi connectivity index (χ2n) is 6.35. The molecule has 0 radical (unpaired) electrons. The summed E-state index contributed by atoms with van der Waals surface area (Å²) in [6.07, 6.45) is 3.20. The van der Waals surface area contributed by atoms with Crippen LogP contribution < -0.4 is 11.5 Å². The molecule has 0 fully saturated rings. The third-order valence-corrected chi connectivity index (χ3v) is 3.74. The molecule has 0 saturated carbocycles. The number of hydrogen-bond donors (Lipinski definition) is 4. The van der Waals surface area contributed by atoms with Crippen molar-refractivity contribution in [2.45, 2.75) is 20.4 Å². The highest BCUT2D eigenvalue weighted by Crippen LogP contribution is 2.23. The van der Waals surface area contributed by atoms with Crippen LogP contribution in [0.1, 0.15) is 27.2 Å². The zero-order valence-corrected chi connectivity index (χ0v) is 16.0. The highest BCUT2D eigenvalue weighted by atomic mass is 16.4. The molecule has 0 aliphatic carbocycles. The number of pyridine rings is 1. The summed E-state index contributed by atoms with van der Waals surface area (Å²) in [5.74, 6) is -2.02. The van der Waals surface area contributed by atoms with Gasteiger partial charge in [-0.3, -0.25) is 9.59 Å². The zero-order valence-electron chi connectivity index (χ0n) is 16.0. The van der Waals surface area contributed by atoms with E-state index in [2.05, 4.69) is 53.1 Å². The second-order valence-corrected chi connectivity index (χ2v) is 6.35. The Kier molecular flexibility index (Phi) is 6.99. The molecule has 0 atom stereocenters. The van der Waals surface area contributed by atoms with Crippen molar-refractivity contribution >= 4 is 11.9 Å². The van der Waals surface area contributed by atoms with Gasteiger partial charge in [0.15, 0.2) is 5.69 Å². The average Bonchev–Trinajstić information content (AvgIpc) is 3.09. The normalized spacial score (nSPS) is 10.2. The van der Waals surface area contributed by atoms with Crippen LogP contribution >= 0.6 is 0 Å². The van der Waals surface area contributed by atoms with E-state index in [0.29, 0.717) is 17.8 Å². The van der Waals surface area contributed by atoms with Gasteiger partial charge in [0.1, 0.15) is 11.4 Å². The minimum Gasteiger partial charge on any atom is -0.505 e. The molecule has 1 amide bonds. The Morgan fingerprint density at radius 2 is 1.76 bits per heavy atom. The average molecular weight is 398 g/mol. The molecule has 0 unspecified atom stereocenters. The number of aromatic nitrogens is 4. The standard InChI is InChI=1S/C17H17N5O2.C2H5NO2/c1-10-3-11(2)5-12(4-10)8-22-9-14(20-21-22)13-6-15(23)16(17(18)24)19-7-13;3-1-2(4)5/h3-7,9,23H,8H2,1-2H3,(H2,18,24);1,3H2,(H,4,5). The van der Waals surface area contributed by atoms with Crippen LogP contribution in [0.4, 0.5) is 0 Å². The van der Waals surface area contributed by atoms with Crippen LogP contribution in [-0.2, 0) is 11.3 Å². The molecular formula is C19H22N6O4. The van der Waals surface area contributed by atoms with Crippen molar-refractivity contribution in [3.63, 3.8) is 0 Å². The number of aryl methyl sites for hydroxylation is 2. The fraction of sp³-hybridized carbons (Fsp3) is 0.211. The van der Waals surface area contributed by atoms with Crippen LogP contribution in [0, 0.1) is 13.8 Å². The fourth-order valence-electron chi connectivity index (χ4n) is 2.64. The maximum absolute atomic E-state index is 11.1. The number of nitrogens with zero attached hydrogens (tertiary/aromatic N) is 4. The molecule has 0 aliphatic heterocycles. The number of aliphatic carboxylic acids is 1. The minimum atomic E-state index is -0.968. The molecule has 0 saturated heterocycles. The monoisotopic (exact) mass is 398 g/mol. The van der Waals surface area contributed by atoms with Crippen molar-refractivity contribution in [2.75, 3.05) is 6.54 Å². The Morgan fingerprint density at radius 3 is 2.28 bits per heavy atom. The fourth-order valence-corrected chi connectivity index (χ4v) is 2.64. The molecule has 29 heavy (non-hydrogen) atoms. The van der Waals surface area contributed by atoms with Gasteiger partial charge >= 0.3 is 5.97 Å². The molecular weight excluding hydrogens is 376 g/mol. The number of carbonyl (C=O) groups excluding carboxylic acids is 1. The van der Waals surface area contributed by atoms with Crippen LogP contribution in [0.25, 0.3) is 11.3 Å². The van der Waals surface area contributed by atoms with Gasteiger partial charge < -0.3 is 21.7 Å². The molecule has 6 N–H and O–H groups in total. The lowest BCUT2D eigenvalue weighted by molar-refractivity contribution is -0.135. The summed E-state index contributed by atoms with van der Waals surface area (Å²) < 4.78 is 1.71. The van der Waals surface area contributed by atoms with Crippen LogP contribution in [0.2, 0.25) is 0 Å². The summed E-state index contributed by atoms with van der Waals surface area (Å²) in [4.78, 5) is 24.2. The molecule has 2 aromatic heterocycles. The van der Waals surface area contributed by atoms with Crippen LogP contribution in [0.3, 0.4) is 0 Å². The lowest BCUT2D eigenvalue weighted by Gasteiger charge is -2.04. The Morgan fingerprint density at radius 1 is 1.14 bits per heavy atom. The number of aromatic hydroxyl groups is 1. The maximum Gasteiger partial charge on any atom is 0.317 e. The molecule has 10 nitrogen and oxygen atoms in total.